The van der Waals surface area contributed by atoms with Crippen LogP contribution in [0.1, 0.15) is 95.2 Å². The maximum Gasteiger partial charge on any atom is 2.00 e. The second-order valence-electron chi connectivity index (χ2n) is 12.5. The predicted molar refractivity (Wildman–Crippen MR) is 178 cm³/mol. The number of rotatable bonds is 11. The molecule has 10 nitrogen and oxygen atoms in total. The van der Waals surface area contributed by atoms with Crippen molar-refractivity contribution >= 4 is 23.5 Å². The van der Waals surface area contributed by atoms with E-state index in [4.69, 9.17) is 20.3 Å². The van der Waals surface area contributed by atoms with Gasteiger partial charge in [-0.3, -0.25) is 9.79 Å². The van der Waals surface area contributed by atoms with Crippen molar-refractivity contribution in [1.29, 1.82) is 0 Å². The van der Waals surface area contributed by atoms with Crippen molar-refractivity contribution in [3.8, 4) is 0 Å². The predicted octanol–water partition coefficient (Wildman–Crippen LogP) is 5.07. The van der Waals surface area contributed by atoms with Crippen LogP contribution in [-0.2, 0) is 30.7 Å². The molecule has 4 aliphatic rings. The fourth-order valence-electron chi connectivity index (χ4n) is 6.89. The smallest absolute Gasteiger partial charge is 0.676 e. The van der Waals surface area contributed by atoms with Crippen LogP contribution in [-0.4, -0.2) is 67.6 Å². The SMILES string of the molecule is CCCC1=C(C)C2[N-]/C1=C\C=C1/N=C(C(C)=C1CCC(=O)O)c1[n-]c(c(CCC(O)O)c1C)/C=C\C1=NC2C(C)=C1CCC(O)O.[Ru+2]. The third-order valence-electron chi connectivity index (χ3n) is 9.43. The van der Waals surface area contributed by atoms with Gasteiger partial charge in [0.25, 0.3) is 0 Å². The Morgan fingerprint density at radius 3 is 2.26 bits per heavy atom. The van der Waals surface area contributed by atoms with Crippen LogP contribution in [0.2, 0.25) is 0 Å². The minimum atomic E-state index is -1.47. The van der Waals surface area contributed by atoms with Gasteiger partial charge in [0.1, 0.15) is 0 Å². The fourth-order valence-corrected chi connectivity index (χ4v) is 6.89. The summed E-state index contributed by atoms with van der Waals surface area (Å²) >= 11 is 0. The Bertz CT molecular complexity index is 1670. The second-order valence-corrected chi connectivity index (χ2v) is 12.5. The van der Waals surface area contributed by atoms with Crippen LogP contribution in [0.25, 0.3) is 11.4 Å². The van der Waals surface area contributed by atoms with Crippen LogP contribution in [0, 0.1) is 6.92 Å². The molecule has 0 aromatic carbocycles. The standard InChI is InChI=1S/C36H45N4O6.Ru/c1-6-7-22-18(2)33-34-19(3)23(8-15-30(41)42)28(38-34)13-14-29-25(10-17-32(45)46)21(5)36(40-29)35-20(4)24(9-16-31(43)44)27(39-35)12-11-26(22)37-33;/h11-14,30,32-34,41-42,45-46H,6-10,15-17H2,1-5H3,(H2-,37,38,39,40,43,44);/q-1;+2/p-1. The second kappa shape index (κ2) is 15.3. The molecule has 47 heavy (non-hydrogen) atoms. The molecule has 252 valence electrons. The van der Waals surface area contributed by atoms with Gasteiger partial charge in [0, 0.05) is 19.3 Å². The number of carboxylic acid groups (broad SMARTS) is 1. The Morgan fingerprint density at radius 1 is 0.894 bits per heavy atom. The number of hydrogen-bond acceptors (Lipinski definition) is 7. The topological polar surface area (TPSA) is 171 Å². The molecule has 0 aliphatic carbocycles. The van der Waals surface area contributed by atoms with Crippen LogP contribution < -0.4 is 4.98 Å². The van der Waals surface area contributed by atoms with E-state index in [0.29, 0.717) is 42.1 Å². The quantitative estimate of drug-likeness (QED) is 0.156. The van der Waals surface area contributed by atoms with E-state index in [9.17, 15) is 30.3 Å². The van der Waals surface area contributed by atoms with Crippen molar-refractivity contribution in [2.24, 2.45) is 9.98 Å². The molecule has 2 unspecified atom stereocenters. The zero-order valence-electron chi connectivity index (χ0n) is 27.6. The van der Waals surface area contributed by atoms with E-state index in [0.717, 1.165) is 63.2 Å². The first kappa shape index (κ1) is 36.6. The molecule has 11 heteroatoms. The molecule has 0 fully saturated rings. The van der Waals surface area contributed by atoms with E-state index in [1.54, 1.807) is 0 Å². The summed E-state index contributed by atoms with van der Waals surface area (Å²) in [5.41, 5.74) is 12.1. The Hall–Kier alpha value is -3.21. The first-order chi connectivity index (χ1) is 21.9. The molecule has 2 atom stereocenters. The molecule has 1 aromatic rings. The number of fused-ring (bicyclic) bond motifs is 8. The molecule has 4 aliphatic heterocycles. The number of carbonyl (C=O) groups is 1. The largest absolute Gasteiger partial charge is 2.00 e. The van der Waals surface area contributed by atoms with Crippen LogP contribution >= 0.6 is 0 Å². The Kier molecular flexibility index (Phi) is 12.0. The van der Waals surface area contributed by atoms with Crippen molar-refractivity contribution in [3.63, 3.8) is 0 Å². The summed E-state index contributed by atoms with van der Waals surface area (Å²) in [7, 11) is 0. The van der Waals surface area contributed by atoms with E-state index in [2.05, 4.69) is 13.8 Å². The van der Waals surface area contributed by atoms with Gasteiger partial charge in [0.15, 0.2) is 12.6 Å². The fraction of sp³-hybridized carbons (Fsp3) is 0.472. The molecule has 1 aromatic heterocycles. The number of aliphatic hydroxyl groups excluding tert-OH is 2. The minimum absolute atomic E-state index is 0. The molecule has 0 saturated heterocycles. The summed E-state index contributed by atoms with van der Waals surface area (Å²) in [4.78, 5) is 26.8. The van der Waals surface area contributed by atoms with Gasteiger partial charge in [-0.2, -0.15) is 0 Å². The molecule has 0 radical (unpaired) electrons. The third-order valence-corrected chi connectivity index (χ3v) is 9.43. The van der Waals surface area contributed by atoms with E-state index < -0.39 is 18.5 Å². The maximum absolute atomic E-state index is 11.6. The van der Waals surface area contributed by atoms with Crippen molar-refractivity contribution in [2.75, 3.05) is 0 Å². The number of carboxylic acids is 1. The Labute approximate surface area is 289 Å². The van der Waals surface area contributed by atoms with Crippen LogP contribution in [0.5, 0.6) is 0 Å². The maximum atomic E-state index is 11.6. The van der Waals surface area contributed by atoms with E-state index in [-0.39, 0.29) is 50.8 Å². The number of aliphatic imine (C=N–C) groups is 2. The van der Waals surface area contributed by atoms with Gasteiger partial charge < -0.3 is 35.8 Å². The monoisotopic (exact) mass is 730 g/mol. The Morgan fingerprint density at radius 2 is 1.60 bits per heavy atom. The molecular formula is C36H44N4O6Ru. The summed E-state index contributed by atoms with van der Waals surface area (Å²) in [5.74, 6) is -0.880. The molecule has 0 amide bonds. The van der Waals surface area contributed by atoms with Gasteiger partial charge in [-0.1, -0.05) is 53.8 Å². The average Bonchev–Trinajstić information content (AvgIpc) is 3.68. The van der Waals surface area contributed by atoms with Gasteiger partial charge in [0.2, 0.25) is 0 Å². The van der Waals surface area contributed by atoms with Crippen molar-refractivity contribution < 1.29 is 49.8 Å². The molecular weight excluding hydrogens is 685 g/mol. The zero-order chi connectivity index (χ0) is 33.3. The first-order valence-corrected chi connectivity index (χ1v) is 16.1. The zero-order valence-corrected chi connectivity index (χ0v) is 29.3. The van der Waals surface area contributed by atoms with Gasteiger partial charge in [-0.05, 0) is 87.8 Å². The molecule has 5 heterocycles. The molecule has 5 rings (SSSR count). The van der Waals surface area contributed by atoms with Gasteiger partial charge in [-0.25, -0.2) is 4.99 Å². The number of hydrogen-bond donors (Lipinski definition) is 5. The summed E-state index contributed by atoms with van der Waals surface area (Å²) in [6.07, 6.45) is 8.06. The van der Waals surface area contributed by atoms with Crippen LogP contribution in [0.4, 0.5) is 0 Å². The number of aromatic nitrogens is 1. The molecule has 5 N–H and O–H groups in total. The summed E-state index contributed by atoms with van der Waals surface area (Å²) in [6, 6.07) is -0.458. The number of allylic oxidation sites excluding steroid dienone is 7. The normalized spacial score (nSPS) is 23.5. The van der Waals surface area contributed by atoms with E-state index in [1.165, 1.54) is 5.57 Å². The molecule has 0 saturated carbocycles. The number of aliphatic hydroxyl groups is 4. The number of nitrogens with zero attached hydrogens (tertiary/aromatic N) is 4. The summed E-state index contributed by atoms with van der Waals surface area (Å²) in [5, 5.41) is 53.5. The minimum Gasteiger partial charge on any atom is -0.676 e. The first-order valence-electron chi connectivity index (χ1n) is 16.1. The van der Waals surface area contributed by atoms with Crippen LogP contribution in [0.15, 0.2) is 73.0 Å². The van der Waals surface area contributed by atoms with Crippen molar-refractivity contribution in [1.82, 2.24) is 4.98 Å². The molecule has 8 bridgehead atoms. The van der Waals surface area contributed by atoms with E-state index in [1.807, 2.05) is 45.1 Å². The van der Waals surface area contributed by atoms with Crippen molar-refractivity contribution in [2.45, 2.75) is 111 Å². The summed E-state index contributed by atoms with van der Waals surface area (Å²) in [6.45, 7) is 10.2. The number of aliphatic carboxylic acids is 1. The van der Waals surface area contributed by atoms with Crippen LogP contribution in [0.3, 0.4) is 0 Å². The van der Waals surface area contributed by atoms with Gasteiger partial charge >= 0.3 is 25.4 Å². The summed E-state index contributed by atoms with van der Waals surface area (Å²) < 4.78 is 0. The Balaban J connectivity index is 0.00000500. The van der Waals surface area contributed by atoms with E-state index >= 15 is 0 Å². The van der Waals surface area contributed by atoms with Crippen molar-refractivity contribution in [3.05, 3.63) is 90.9 Å². The average molecular weight is 730 g/mol. The van der Waals surface area contributed by atoms with Gasteiger partial charge in [-0.15, -0.1) is 17.1 Å². The third kappa shape index (κ3) is 7.60. The van der Waals surface area contributed by atoms with Gasteiger partial charge in [0.05, 0.1) is 23.2 Å². The molecule has 0 spiro atoms.